The van der Waals surface area contributed by atoms with Gasteiger partial charge in [-0.25, -0.2) is 0 Å². The number of rotatable bonds is 3. The molecule has 1 unspecified atom stereocenters. The fourth-order valence-electron chi connectivity index (χ4n) is 1.37. The van der Waals surface area contributed by atoms with Crippen LogP contribution in [0.4, 0.5) is 0 Å². The molecule has 0 radical (unpaired) electrons. The monoisotopic (exact) mass is 192 g/mol. The van der Waals surface area contributed by atoms with Crippen molar-refractivity contribution in [3.8, 4) is 0 Å². The van der Waals surface area contributed by atoms with Gasteiger partial charge in [0.05, 0.1) is 0 Å². The normalized spacial score (nSPS) is 14.0. The number of nitrogens with zero attached hydrogens (tertiary/aromatic N) is 1. The Morgan fingerprint density at radius 1 is 1.29 bits per heavy atom. The minimum Gasteiger partial charge on any atom is -0.324 e. The van der Waals surface area contributed by atoms with E-state index in [4.69, 9.17) is 5.73 Å². The molecule has 1 aromatic rings. The summed E-state index contributed by atoms with van der Waals surface area (Å²) in [5, 5.41) is 0. The van der Waals surface area contributed by atoms with E-state index >= 15 is 0 Å². The Balaban J connectivity index is 2.48. The SMILES string of the molecule is CC(C)(C)CCC(N)c1ccncc1. The van der Waals surface area contributed by atoms with Crippen LogP contribution in [0, 0.1) is 5.41 Å². The van der Waals surface area contributed by atoms with Gasteiger partial charge in [0, 0.05) is 18.4 Å². The first-order valence-corrected chi connectivity index (χ1v) is 5.14. The molecule has 1 heterocycles. The molecule has 1 atom stereocenters. The van der Waals surface area contributed by atoms with E-state index in [-0.39, 0.29) is 6.04 Å². The topological polar surface area (TPSA) is 38.9 Å². The standard InChI is InChI=1S/C12H20N2/c1-12(2,3)7-4-11(13)10-5-8-14-9-6-10/h5-6,8-9,11H,4,7,13H2,1-3H3. The highest BCUT2D eigenvalue weighted by Crippen LogP contribution is 2.25. The fraction of sp³-hybridized carbons (Fsp3) is 0.583. The van der Waals surface area contributed by atoms with Gasteiger partial charge in [0.2, 0.25) is 0 Å². The van der Waals surface area contributed by atoms with Crippen molar-refractivity contribution in [2.75, 3.05) is 0 Å². The summed E-state index contributed by atoms with van der Waals surface area (Å²) in [5.41, 5.74) is 7.62. The van der Waals surface area contributed by atoms with Crippen LogP contribution in [0.1, 0.15) is 45.2 Å². The van der Waals surface area contributed by atoms with Crippen LogP contribution in [-0.4, -0.2) is 4.98 Å². The average molecular weight is 192 g/mol. The molecule has 0 bridgehead atoms. The minimum absolute atomic E-state index is 0.150. The van der Waals surface area contributed by atoms with Gasteiger partial charge in [0.15, 0.2) is 0 Å². The zero-order valence-corrected chi connectivity index (χ0v) is 9.33. The van der Waals surface area contributed by atoms with Gasteiger partial charge in [-0.2, -0.15) is 0 Å². The summed E-state index contributed by atoms with van der Waals surface area (Å²) in [6.45, 7) is 6.73. The van der Waals surface area contributed by atoms with E-state index in [0.717, 1.165) is 12.8 Å². The summed E-state index contributed by atoms with van der Waals surface area (Å²) in [7, 11) is 0. The maximum absolute atomic E-state index is 6.07. The smallest absolute Gasteiger partial charge is 0.0296 e. The first-order valence-electron chi connectivity index (χ1n) is 5.14. The third kappa shape index (κ3) is 3.88. The van der Waals surface area contributed by atoms with E-state index < -0.39 is 0 Å². The first-order chi connectivity index (χ1) is 6.49. The van der Waals surface area contributed by atoms with Crippen LogP contribution in [0.15, 0.2) is 24.5 Å². The lowest BCUT2D eigenvalue weighted by atomic mass is 9.87. The molecule has 0 saturated heterocycles. The predicted octanol–water partition coefficient (Wildman–Crippen LogP) is 2.91. The molecule has 2 nitrogen and oxygen atoms in total. The van der Waals surface area contributed by atoms with Gasteiger partial charge in [-0.1, -0.05) is 20.8 Å². The van der Waals surface area contributed by atoms with Crippen molar-refractivity contribution < 1.29 is 0 Å². The highest BCUT2D eigenvalue weighted by molar-refractivity contribution is 5.14. The van der Waals surface area contributed by atoms with Crippen LogP contribution in [0.3, 0.4) is 0 Å². The quantitative estimate of drug-likeness (QED) is 0.799. The number of pyridine rings is 1. The van der Waals surface area contributed by atoms with Crippen molar-refractivity contribution in [1.29, 1.82) is 0 Å². The van der Waals surface area contributed by atoms with Crippen LogP contribution in [0.2, 0.25) is 0 Å². The molecule has 0 aliphatic heterocycles. The van der Waals surface area contributed by atoms with E-state index in [2.05, 4.69) is 25.8 Å². The molecule has 0 amide bonds. The van der Waals surface area contributed by atoms with Gasteiger partial charge in [-0.3, -0.25) is 4.98 Å². The van der Waals surface area contributed by atoms with Crippen molar-refractivity contribution in [2.45, 2.75) is 39.7 Å². The van der Waals surface area contributed by atoms with Gasteiger partial charge >= 0.3 is 0 Å². The van der Waals surface area contributed by atoms with Crippen LogP contribution in [0.5, 0.6) is 0 Å². The third-order valence-corrected chi connectivity index (χ3v) is 2.34. The number of hydrogen-bond donors (Lipinski definition) is 1. The summed E-state index contributed by atoms with van der Waals surface area (Å²) in [5.74, 6) is 0. The van der Waals surface area contributed by atoms with Gasteiger partial charge in [-0.05, 0) is 36.0 Å². The second kappa shape index (κ2) is 4.56. The van der Waals surface area contributed by atoms with E-state index in [1.165, 1.54) is 5.56 Å². The first kappa shape index (κ1) is 11.2. The molecule has 0 aromatic carbocycles. The molecule has 1 rings (SSSR count). The molecule has 2 N–H and O–H groups in total. The molecule has 78 valence electrons. The average Bonchev–Trinajstić information content (AvgIpc) is 2.14. The molecule has 0 fully saturated rings. The summed E-state index contributed by atoms with van der Waals surface area (Å²) < 4.78 is 0. The van der Waals surface area contributed by atoms with E-state index in [0.29, 0.717) is 5.41 Å². The fourth-order valence-corrected chi connectivity index (χ4v) is 1.37. The molecule has 1 aromatic heterocycles. The Morgan fingerprint density at radius 3 is 2.36 bits per heavy atom. The highest BCUT2D eigenvalue weighted by Gasteiger charge is 2.13. The Hall–Kier alpha value is -0.890. The molecule has 0 saturated carbocycles. The van der Waals surface area contributed by atoms with Gasteiger partial charge in [-0.15, -0.1) is 0 Å². The molecular weight excluding hydrogens is 172 g/mol. The zero-order chi connectivity index (χ0) is 10.6. The largest absolute Gasteiger partial charge is 0.324 e. The Labute approximate surface area is 86.5 Å². The van der Waals surface area contributed by atoms with Gasteiger partial charge in [0.1, 0.15) is 0 Å². The molecule has 0 aliphatic rings. The van der Waals surface area contributed by atoms with E-state index in [9.17, 15) is 0 Å². The van der Waals surface area contributed by atoms with Gasteiger partial charge in [0.25, 0.3) is 0 Å². The van der Waals surface area contributed by atoms with Crippen molar-refractivity contribution in [3.63, 3.8) is 0 Å². The second-order valence-corrected chi connectivity index (χ2v) is 4.99. The summed E-state index contributed by atoms with van der Waals surface area (Å²) in [6, 6.07) is 4.14. The Bertz CT molecular complexity index is 261. The minimum atomic E-state index is 0.150. The zero-order valence-electron chi connectivity index (χ0n) is 9.33. The van der Waals surface area contributed by atoms with Crippen molar-refractivity contribution in [1.82, 2.24) is 4.98 Å². The molecule has 0 spiro atoms. The molecule has 14 heavy (non-hydrogen) atoms. The Kier molecular flexibility index (Phi) is 3.64. The van der Waals surface area contributed by atoms with Crippen molar-refractivity contribution >= 4 is 0 Å². The molecule has 2 heteroatoms. The third-order valence-electron chi connectivity index (χ3n) is 2.34. The Morgan fingerprint density at radius 2 is 1.86 bits per heavy atom. The number of hydrogen-bond acceptors (Lipinski definition) is 2. The summed E-state index contributed by atoms with van der Waals surface area (Å²) >= 11 is 0. The maximum Gasteiger partial charge on any atom is 0.0296 e. The number of aromatic nitrogens is 1. The molecular formula is C12H20N2. The predicted molar refractivity (Wildman–Crippen MR) is 59.9 cm³/mol. The molecule has 0 aliphatic carbocycles. The van der Waals surface area contributed by atoms with Gasteiger partial charge < -0.3 is 5.73 Å². The van der Waals surface area contributed by atoms with Crippen LogP contribution < -0.4 is 5.73 Å². The second-order valence-electron chi connectivity index (χ2n) is 4.99. The van der Waals surface area contributed by atoms with Crippen LogP contribution in [0.25, 0.3) is 0 Å². The summed E-state index contributed by atoms with van der Waals surface area (Å²) in [4.78, 5) is 3.98. The maximum atomic E-state index is 6.07. The van der Waals surface area contributed by atoms with Crippen molar-refractivity contribution in [2.24, 2.45) is 11.1 Å². The van der Waals surface area contributed by atoms with Crippen molar-refractivity contribution in [3.05, 3.63) is 30.1 Å². The van der Waals surface area contributed by atoms with E-state index in [1.54, 1.807) is 12.4 Å². The highest BCUT2D eigenvalue weighted by atomic mass is 14.6. The summed E-state index contributed by atoms with van der Waals surface area (Å²) in [6.07, 6.45) is 5.78. The number of nitrogens with two attached hydrogens (primary N) is 1. The lowest BCUT2D eigenvalue weighted by Gasteiger charge is -2.20. The van der Waals surface area contributed by atoms with Crippen LogP contribution in [-0.2, 0) is 0 Å². The van der Waals surface area contributed by atoms with Crippen LogP contribution >= 0.6 is 0 Å². The lowest BCUT2D eigenvalue weighted by molar-refractivity contribution is 0.350. The lowest BCUT2D eigenvalue weighted by Crippen LogP contribution is -2.14. The van der Waals surface area contributed by atoms with E-state index in [1.807, 2.05) is 12.1 Å².